The Labute approximate surface area is 99.9 Å². The fourth-order valence-corrected chi connectivity index (χ4v) is 1.33. The summed E-state index contributed by atoms with van der Waals surface area (Å²) in [5.41, 5.74) is 0.0103. The molecule has 1 aromatic rings. The summed E-state index contributed by atoms with van der Waals surface area (Å²) in [5.74, 6) is 0.319. The molecule has 0 fully saturated rings. The Morgan fingerprint density at radius 2 is 2.35 bits per heavy atom. The van der Waals surface area contributed by atoms with Crippen LogP contribution in [0, 0.1) is 10.1 Å². The Morgan fingerprint density at radius 1 is 1.65 bits per heavy atom. The summed E-state index contributed by atoms with van der Waals surface area (Å²) in [5, 5.41) is 17.9. The molecule has 0 saturated heterocycles. The second kappa shape index (κ2) is 6.19. The molecule has 96 valence electrons. The minimum atomic E-state index is -0.426. The first-order valence-corrected chi connectivity index (χ1v) is 5.52. The molecule has 17 heavy (non-hydrogen) atoms. The number of ether oxygens (including phenoxy) is 1. The maximum Gasteiger partial charge on any atom is 0.330 e. The Hall–Kier alpha value is -1.63. The lowest BCUT2D eigenvalue weighted by Crippen LogP contribution is -2.07. The van der Waals surface area contributed by atoms with Crippen molar-refractivity contribution in [3.05, 3.63) is 16.3 Å². The van der Waals surface area contributed by atoms with Crippen molar-refractivity contribution in [3.63, 3.8) is 0 Å². The van der Waals surface area contributed by atoms with E-state index in [2.05, 4.69) is 10.4 Å². The van der Waals surface area contributed by atoms with Crippen molar-refractivity contribution in [1.29, 1.82) is 0 Å². The lowest BCUT2D eigenvalue weighted by molar-refractivity contribution is -0.384. The van der Waals surface area contributed by atoms with E-state index < -0.39 is 4.92 Å². The number of methoxy groups -OCH3 is 1. The normalized spacial score (nSPS) is 10.8. The van der Waals surface area contributed by atoms with Crippen LogP contribution in [-0.2, 0) is 4.74 Å². The van der Waals surface area contributed by atoms with Crippen LogP contribution in [0.15, 0.2) is 6.20 Å². The molecular weight excluding hydrogens is 224 g/mol. The van der Waals surface area contributed by atoms with Gasteiger partial charge in [0, 0.05) is 26.3 Å². The van der Waals surface area contributed by atoms with Gasteiger partial charge in [0.15, 0.2) is 0 Å². The summed E-state index contributed by atoms with van der Waals surface area (Å²) in [7, 11) is 1.62. The Bertz CT molecular complexity index is 376. The van der Waals surface area contributed by atoms with E-state index in [0.29, 0.717) is 19.0 Å². The summed E-state index contributed by atoms with van der Waals surface area (Å²) in [4.78, 5) is 10.4. The number of nitrogens with one attached hydrogen (secondary N) is 1. The van der Waals surface area contributed by atoms with Crippen LogP contribution in [0.4, 0.5) is 11.5 Å². The van der Waals surface area contributed by atoms with Crippen molar-refractivity contribution in [1.82, 2.24) is 9.78 Å². The highest BCUT2D eigenvalue weighted by molar-refractivity contribution is 5.54. The number of nitrogens with zero attached hydrogens (tertiary/aromatic N) is 3. The average Bonchev–Trinajstić information content (AvgIpc) is 2.68. The van der Waals surface area contributed by atoms with E-state index >= 15 is 0 Å². The maximum atomic E-state index is 10.8. The van der Waals surface area contributed by atoms with Crippen molar-refractivity contribution in [3.8, 4) is 0 Å². The van der Waals surface area contributed by atoms with Crippen LogP contribution in [0.25, 0.3) is 0 Å². The number of rotatable bonds is 7. The van der Waals surface area contributed by atoms with E-state index in [4.69, 9.17) is 4.74 Å². The zero-order chi connectivity index (χ0) is 12.8. The highest BCUT2D eigenvalue weighted by Gasteiger charge is 2.19. The molecule has 0 unspecified atom stereocenters. The van der Waals surface area contributed by atoms with Gasteiger partial charge < -0.3 is 10.1 Å². The van der Waals surface area contributed by atoms with Crippen LogP contribution in [0.5, 0.6) is 0 Å². The maximum absolute atomic E-state index is 10.8. The van der Waals surface area contributed by atoms with E-state index in [1.165, 1.54) is 6.20 Å². The van der Waals surface area contributed by atoms with E-state index in [-0.39, 0.29) is 11.7 Å². The molecule has 0 radical (unpaired) electrons. The number of anilines is 1. The van der Waals surface area contributed by atoms with Gasteiger partial charge in [-0.25, -0.2) is 0 Å². The van der Waals surface area contributed by atoms with Crippen LogP contribution in [0.1, 0.15) is 26.3 Å². The van der Waals surface area contributed by atoms with Gasteiger partial charge in [-0.2, -0.15) is 0 Å². The van der Waals surface area contributed by atoms with Gasteiger partial charge in [0.1, 0.15) is 6.20 Å². The van der Waals surface area contributed by atoms with Crippen molar-refractivity contribution >= 4 is 11.5 Å². The fraction of sp³-hybridized carbons (Fsp3) is 0.700. The predicted octanol–water partition coefficient (Wildman–Crippen LogP) is 1.82. The zero-order valence-corrected chi connectivity index (χ0v) is 10.3. The lowest BCUT2D eigenvalue weighted by Gasteiger charge is -2.03. The molecule has 0 amide bonds. The molecule has 7 nitrogen and oxygen atoms in total. The molecule has 0 aliphatic rings. The van der Waals surface area contributed by atoms with Crippen molar-refractivity contribution < 1.29 is 9.66 Å². The highest BCUT2D eigenvalue weighted by atomic mass is 16.6. The predicted molar refractivity (Wildman–Crippen MR) is 64.2 cm³/mol. The molecular formula is C10H18N4O3. The molecule has 0 saturated carbocycles. The van der Waals surface area contributed by atoms with E-state index in [1.54, 1.807) is 11.8 Å². The monoisotopic (exact) mass is 242 g/mol. The van der Waals surface area contributed by atoms with Gasteiger partial charge >= 0.3 is 5.69 Å². The molecule has 1 N–H and O–H groups in total. The van der Waals surface area contributed by atoms with E-state index in [0.717, 1.165) is 6.42 Å². The molecule has 7 heteroatoms. The van der Waals surface area contributed by atoms with Gasteiger partial charge in [0.2, 0.25) is 5.82 Å². The number of hydrogen-bond acceptors (Lipinski definition) is 5. The molecule has 0 aromatic carbocycles. The molecule has 0 spiro atoms. The average molecular weight is 242 g/mol. The standard InChI is InChI=1S/C10H18N4O3/c1-8(2)13-7-9(14(15)16)10(12-13)11-5-4-6-17-3/h7-8H,4-6H2,1-3H3,(H,11,12). The van der Waals surface area contributed by atoms with Crippen molar-refractivity contribution in [2.75, 3.05) is 25.6 Å². The minimum absolute atomic E-state index is 0.0103. The van der Waals surface area contributed by atoms with Crippen LogP contribution in [-0.4, -0.2) is 35.0 Å². The van der Waals surface area contributed by atoms with Gasteiger partial charge in [-0.15, -0.1) is 5.10 Å². The summed E-state index contributed by atoms with van der Waals surface area (Å²) >= 11 is 0. The number of aromatic nitrogens is 2. The van der Waals surface area contributed by atoms with Gasteiger partial charge in [0.25, 0.3) is 0 Å². The summed E-state index contributed by atoms with van der Waals surface area (Å²) in [6.07, 6.45) is 2.23. The van der Waals surface area contributed by atoms with E-state index in [1.807, 2.05) is 13.8 Å². The SMILES string of the molecule is COCCCNc1nn(C(C)C)cc1[N+](=O)[O-]. The molecule has 1 aromatic heterocycles. The second-order valence-corrected chi connectivity index (χ2v) is 3.97. The first-order valence-electron chi connectivity index (χ1n) is 5.52. The van der Waals surface area contributed by atoms with Crippen LogP contribution in [0.3, 0.4) is 0 Å². The lowest BCUT2D eigenvalue weighted by atomic mass is 10.4. The highest BCUT2D eigenvalue weighted by Crippen LogP contribution is 2.23. The van der Waals surface area contributed by atoms with Crippen LogP contribution < -0.4 is 5.32 Å². The first-order chi connectivity index (χ1) is 8.06. The third-order valence-electron chi connectivity index (χ3n) is 2.26. The molecule has 0 bridgehead atoms. The van der Waals surface area contributed by atoms with Gasteiger partial charge in [0.05, 0.1) is 4.92 Å². The molecule has 0 atom stereocenters. The topological polar surface area (TPSA) is 82.2 Å². The van der Waals surface area contributed by atoms with Gasteiger partial charge in [-0.3, -0.25) is 14.8 Å². The largest absolute Gasteiger partial charge is 0.385 e. The smallest absolute Gasteiger partial charge is 0.330 e. The first kappa shape index (κ1) is 13.4. The van der Waals surface area contributed by atoms with Crippen LogP contribution in [0.2, 0.25) is 0 Å². The third-order valence-corrected chi connectivity index (χ3v) is 2.26. The molecule has 0 aliphatic carbocycles. The fourth-order valence-electron chi connectivity index (χ4n) is 1.33. The number of hydrogen-bond donors (Lipinski definition) is 1. The van der Waals surface area contributed by atoms with E-state index in [9.17, 15) is 10.1 Å². The van der Waals surface area contributed by atoms with Crippen LogP contribution >= 0.6 is 0 Å². The van der Waals surface area contributed by atoms with Gasteiger partial charge in [-0.1, -0.05) is 0 Å². The minimum Gasteiger partial charge on any atom is -0.385 e. The second-order valence-electron chi connectivity index (χ2n) is 3.97. The molecule has 1 rings (SSSR count). The summed E-state index contributed by atoms with van der Waals surface area (Å²) in [6.45, 7) is 5.06. The quantitative estimate of drug-likeness (QED) is 0.448. The molecule has 0 aliphatic heterocycles. The Kier molecular flexibility index (Phi) is 4.89. The summed E-state index contributed by atoms with van der Waals surface area (Å²) in [6, 6.07) is 0.100. The van der Waals surface area contributed by atoms with Crippen molar-refractivity contribution in [2.24, 2.45) is 0 Å². The third kappa shape index (κ3) is 3.70. The number of nitro groups is 1. The summed E-state index contributed by atoms with van der Waals surface area (Å²) < 4.78 is 6.48. The van der Waals surface area contributed by atoms with Crippen molar-refractivity contribution in [2.45, 2.75) is 26.3 Å². The molecule has 1 heterocycles. The van der Waals surface area contributed by atoms with Gasteiger partial charge in [-0.05, 0) is 20.3 Å². The Morgan fingerprint density at radius 3 is 2.88 bits per heavy atom. The zero-order valence-electron chi connectivity index (χ0n) is 10.3. The Balaban J connectivity index is 2.71.